The van der Waals surface area contributed by atoms with Crippen LogP contribution in [-0.2, 0) is 26.2 Å². The van der Waals surface area contributed by atoms with Crippen LogP contribution in [0.15, 0.2) is 54.6 Å². The first-order valence-electron chi connectivity index (χ1n) is 11.4. The highest BCUT2D eigenvalue weighted by molar-refractivity contribution is 7.92. The molecule has 2 atom stereocenters. The quantitative estimate of drug-likeness (QED) is 0.491. The van der Waals surface area contributed by atoms with E-state index in [-0.39, 0.29) is 49.5 Å². The highest BCUT2D eigenvalue weighted by Crippen LogP contribution is 2.22. The molecule has 2 rings (SSSR count). The van der Waals surface area contributed by atoms with E-state index in [1.807, 2.05) is 44.2 Å². The highest BCUT2D eigenvalue weighted by atomic mass is 32.2. The second kappa shape index (κ2) is 12.5. The minimum Gasteiger partial charge on any atom is -0.352 e. The minimum absolute atomic E-state index is 0.00819. The standard InChI is InChI=1S/C25H34FN3O4S/c1-5-19(2)27-25(31)20(3)28(18-21-12-7-6-8-13-21)24(30)16-11-17-29(34(4,32)33)23-15-10-9-14-22(23)26/h6-10,12-15,19-20H,5,11,16-18H2,1-4H3,(H,27,31)/t19-,20-/m0/s1. The molecule has 0 aromatic heterocycles. The van der Waals surface area contributed by atoms with Gasteiger partial charge in [0.05, 0.1) is 11.9 Å². The molecule has 34 heavy (non-hydrogen) atoms. The summed E-state index contributed by atoms with van der Waals surface area (Å²) < 4.78 is 39.7. The SMILES string of the molecule is CC[C@H](C)NC(=O)[C@H](C)N(Cc1ccccc1)C(=O)CCCN(c1ccccc1F)S(C)(=O)=O. The van der Waals surface area contributed by atoms with Gasteiger partial charge in [-0.15, -0.1) is 0 Å². The summed E-state index contributed by atoms with van der Waals surface area (Å²) in [5.74, 6) is -1.18. The van der Waals surface area contributed by atoms with Crippen molar-refractivity contribution in [3.8, 4) is 0 Å². The number of carbonyl (C=O) groups is 2. The van der Waals surface area contributed by atoms with Gasteiger partial charge in [0.1, 0.15) is 11.9 Å². The number of nitrogens with zero attached hydrogens (tertiary/aromatic N) is 2. The van der Waals surface area contributed by atoms with E-state index in [1.165, 1.54) is 23.1 Å². The molecule has 0 radical (unpaired) electrons. The number of rotatable bonds is 12. The number of carbonyl (C=O) groups excluding carboxylic acids is 2. The van der Waals surface area contributed by atoms with E-state index >= 15 is 0 Å². The third kappa shape index (κ3) is 7.83. The van der Waals surface area contributed by atoms with Crippen LogP contribution in [0.3, 0.4) is 0 Å². The molecule has 0 spiro atoms. The van der Waals surface area contributed by atoms with E-state index in [1.54, 1.807) is 13.0 Å². The minimum atomic E-state index is -3.75. The maximum atomic E-state index is 14.2. The van der Waals surface area contributed by atoms with Crippen molar-refractivity contribution in [2.24, 2.45) is 0 Å². The zero-order valence-electron chi connectivity index (χ0n) is 20.2. The summed E-state index contributed by atoms with van der Waals surface area (Å²) in [6, 6.07) is 14.2. The molecule has 1 N–H and O–H groups in total. The van der Waals surface area contributed by atoms with Gasteiger partial charge < -0.3 is 10.2 Å². The Morgan fingerprint density at radius 3 is 2.24 bits per heavy atom. The molecule has 0 heterocycles. The van der Waals surface area contributed by atoms with E-state index in [2.05, 4.69) is 5.32 Å². The summed E-state index contributed by atoms with van der Waals surface area (Å²) in [5.41, 5.74) is 0.822. The van der Waals surface area contributed by atoms with E-state index < -0.39 is 21.9 Å². The zero-order valence-corrected chi connectivity index (χ0v) is 21.0. The van der Waals surface area contributed by atoms with Crippen LogP contribution in [0, 0.1) is 5.82 Å². The number of hydrogen-bond donors (Lipinski definition) is 1. The fraction of sp³-hybridized carbons (Fsp3) is 0.440. The summed E-state index contributed by atoms with van der Waals surface area (Å²) in [6.45, 7) is 5.73. The van der Waals surface area contributed by atoms with Gasteiger partial charge in [0.2, 0.25) is 21.8 Å². The molecule has 0 unspecified atom stereocenters. The van der Waals surface area contributed by atoms with Gasteiger partial charge in [0.15, 0.2) is 0 Å². The second-order valence-corrected chi connectivity index (χ2v) is 10.3. The van der Waals surface area contributed by atoms with Crippen molar-refractivity contribution in [3.63, 3.8) is 0 Å². The largest absolute Gasteiger partial charge is 0.352 e. The van der Waals surface area contributed by atoms with Gasteiger partial charge in [-0.25, -0.2) is 12.8 Å². The monoisotopic (exact) mass is 491 g/mol. The Kier molecular flexibility index (Phi) is 10.0. The number of hydrogen-bond acceptors (Lipinski definition) is 4. The van der Waals surface area contributed by atoms with Gasteiger partial charge in [-0.3, -0.25) is 13.9 Å². The third-order valence-corrected chi connectivity index (χ3v) is 6.82. The molecule has 0 aliphatic rings. The summed E-state index contributed by atoms with van der Waals surface area (Å²) in [7, 11) is -3.75. The maximum Gasteiger partial charge on any atom is 0.242 e. The third-order valence-electron chi connectivity index (χ3n) is 5.64. The van der Waals surface area contributed by atoms with Crippen molar-refractivity contribution in [1.82, 2.24) is 10.2 Å². The molecular weight excluding hydrogens is 457 g/mol. The number of nitrogens with one attached hydrogen (secondary N) is 1. The van der Waals surface area contributed by atoms with Crippen LogP contribution in [0.2, 0.25) is 0 Å². The van der Waals surface area contributed by atoms with E-state index in [0.717, 1.165) is 22.5 Å². The lowest BCUT2D eigenvalue weighted by atomic mass is 10.1. The Labute approximate surface area is 202 Å². The first-order chi connectivity index (χ1) is 16.0. The van der Waals surface area contributed by atoms with Crippen molar-refractivity contribution in [3.05, 3.63) is 66.0 Å². The van der Waals surface area contributed by atoms with Crippen molar-refractivity contribution in [1.29, 1.82) is 0 Å². The number of sulfonamides is 1. The summed E-state index contributed by atoms with van der Waals surface area (Å²) in [6.07, 6.45) is 1.95. The molecule has 0 aliphatic carbocycles. The van der Waals surface area contributed by atoms with Gasteiger partial charge in [-0.1, -0.05) is 49.4 Å². The molecule has 2 amide bonds. The number of anilines is 1. The van der Waals surface area contributed by atoms with Crippen molar-refractivity contribution in [2.45, 2.75) is 58.7 Å². The van der Waals surface area contributed by atoms with Crippen LogP contribution in [0.4, 0.5) is 10.1 Å². The zero-order chi connectivity index (χ0) is 25.3. The van der Waals surface area contributed by atoms with Gasteiger partial charge in [-0.05, 0) is 44.4 Å². The van der Waals surface area contributed by atoms with Gasteiger partial charge in [0.25, 0.3) is 0 Å². The van der Waals surface area contributed by atoms with Crippen molar-refractivity contribution in [2.75, 3.05) is 17.1 Å². The van der Waals surface area contributed by atoms with E-state index in [0.29, 0.717) is 0 Å². The maximum absolute atomic E-state index is 14.2. The number of amides is 2. The molecule has 7 nitrogen and oxygen atoms in total. The van der Waals surface area contributed by atoms with Crippen LogP contribution in [-0.4, -0.2) is 50.0 Å². The van der Waals surface area contributed by atoms with E-state index in [4.69, 9.17) is 0 Å². The molecule has 186 valence electrons. The van der Waals surface area contributed by atoms with Crippen LogP contribution in [0.5, 0.6) is 0 Å². The first-order valence-corrected chi connectivity index (χ1v) is 13.3. The molecular formula is C25H34FN3O4S. The summed E-state index contributed by atoms with van der Waals surface area (Å²) in [5, 5.41) is 2.91. The van der Waals surface area contributed by atoms with Crippen LogP contribution in [0.1, 0.15) is 45.6 Å². The second-order valence-electron chi connectivity index (χ2n) is 8.39. The molecule has 9 heteroatoms. The summed E-state index contributed by atoms with van der Waals surface area (Å²) >= 11 is 0. The number of para-hydroxylation sites is 1. The lowest BCUT2D eigenvalue weighted by Gasteiger charge is -2.30. The van der Waals surface area contributed by atoms with Crippen LogP contribution >= 0.6 is 0 Å². The summed E-state index contributed by atoms with van der Waals surface area (Å²) in [4.78, 5) is 27.4. The van der Waals surface area contributed by atoms with E-state index in [9.17, 15) is 22.4 Å². The van der Waals surface area contributed by atoms with Gasteiger partial charge >= 0.3 is 0 Å². The smallest absolute Gasteiger partial charge is 0.242 e. The average Bonchev–Trinajstić information content (AvgIpc) is 2.80. The number of benzene rings is 2. The van der Waals surface area contributed by atoms with Crippen molar-refractivity contribution >= 4 is 27.5 Å². The number of halogens is 1. The Bertz CT molecular complexity index is 1060. The Morgan fingerprint density at radius 2 is 1.65 bits per heavy atom. The fourth-order valence-corrected chi connectivity index (χ4v) is 4.43. The van der Waals surface area contributed by atoms with Crippen LogP contribution < -0.4 is 9.62 Å². The Morgan fingerprint density at radius 1 is 1.03 bits per heavy atom. The molecule has 0 saturated heterocycles. The fourth-order valence-electron chi connectivity index (χ4n) is 3.46. The topological polar surface area (TPSA) is 86.8 Å². The normalized spacial score (nSPS) is 13.1. The Balaban J connectivity index is 2.15. The van der Waals surface area contributed by atoms with Gasteiger partial charge in [-0.2, -0.15) is 0 Å². The molecule has 2 aromatic rings. The first kappa shape index (κ1) is 27.3. The molecule has 0 aliphatic heterocycles. The molecule has 0 fully saturated rings. The van der Waals surface area contributed by atoms with Gasteiger partial charge in [0, 0.05) is 25.6 Å². The predicted octanol–water partition coefficient (Wildman–Crippen LogP) is 3.70. The lowest BCUT2D eigenvalue weighted by molar-refractivity contribution is -0.140. The molecule has 0 bridgehead atoms. The highest BCUT2D eigenvalue weighted by Gasteiger charge is 2.27. The van der Waals surface area contributed by atoms with Crippen molar-refractivity contribution < 1.29 is 22.4 Å². The molecule has 2 aromatic carbocycles. The Hall–Kier alpha value is -2.94. The molecule has 0 saturated carbocycles. The van der Waals surface area contributed by atoms with Crippen LogP contribution in [0.25, 0.3) is 0 Å². The lowest BCUT2D eigenvalue weighted by Crippen LogP contribution is -2.49. The average molecular weight is 492 g/mol. The predicted molar refractivity (Wildman–Crippen MR) is 132 cm³/mol.